The third-order valence-electron chi connectivity index (χ3n) is 1.74. The van der Waals surface area contributed by atoms with Crippen LogP contribution in [0.25, 0.3) is 10.4 Å². The van der Waals surface area contributed by atoms with Crippen LogP contribution in [-0.2, 0) is 4.79 Å². The Bertz CT molecular complexity index is 192. The van der Waals surface area contributed by atoms with Gasteiger partial charge in [-0.3, -0.25) is 4.79 Å². The minimum atomic E-state index is -0.376. The summed E-state index contributed by atoms with van der Waals surface area (Å²) in [5.41, 5.74) is 7.89. The zero-order chi connectivity index (χ0) is 8.91. The van der Waals surface area contributed by atoms with Crippen LogP contribution in [0, 0.1) is 5.41 Å². The molecule has 4 nitrogen and oxygen atoms in total. The maximum absolute atomic E-state index is 10.8. The van der Waals surface area contributed by atoms with Gasteiger partial charge in [-0.1, -0.05) is 27.2 Å². The quantitative estimate of drug-likeness (QED) is 0.351. The van der Waals surface area contributed by atoms with Gasteiger partial charge in [0.05, 0.1) is 0 Å². The number of nitrogens with zero attached hydrogens (tertiary/aromatic N) is 3. The van der Waals surface area contributed by atoms with Crippen LogP contribution < -0.4 is 0 Å². The molecule has 0 aromatic heterocycles. The molecule has 0 aromatic rings. The molecule has 0 bridgehead atoms. The highest BCUT2D eigenvalue weighted by atomic mass is 16.1. The summed E-state index contributed by atoms with van der Waals surface area (Å²) in [6, 6.07) is 0. The van der Waals surface area contributed by atoms with Gasteiger partial charge in [-0.25, -0.2) is 0 Å². The molecule has 4 heteroatoms. The molecule has 0 saturated heterocycles. The first-order chi connectivity index (χ1) is 5.02. The van der Waals surface area contributed by atoms with Gasteiger partial charge in [-0.15, -0.1) is 0 Å². The first-order valence-electron chi connectivity index (χ1n) is 3.60. The molecule has 0 aromatic carbocycles. The molecule has 11 heavy (non-hydrogen) atoms. The van der Waals surface area contributed by atoms with E-state index in [1.165, 1.54) is 0 Å². The number of carbonyl (C=O) groups is 1. The van der Waals surface area contributed by atoms with Crippen LogP contribution in [0.4, 0.5) is 0 Å². The van der Waals surface area contributed by atoms with Gasteiger partial charge in [-0.2, -0.15) is 0 Å². The molecule has 0 spiro atoms. The van der Waals surface area contributed by atoms with Gasteiger partial charge in [0.25, 0.3) is 0 Å². The fourth-order valence-electron chi connectivity index (χ4n) is 0.620. The first kappa shape index (κ1) is 9.98. The summed E-state index contributed by atoms with van der Waals surface area (Å²) in [7, 11) is 0. The fourth-order valence-corrected chi connectivity index (χ4v) is 0.620. The van der Waals surface area contributed by atoms with Gasteiger partial charge >= 0.3 is 0 Å². The van der Waals surface area contributed by atoms with E-state index in [1.807, 2.05) is 20.8 Å². The Morgan fingerprint density at radius 3 is 2.55 bits per heavy atom. The van der Waals surface area contributed by atoms with Crippen molar-refractivity contribution in [3.05, 3.63) is 10.4 Å². The zero-order valence-corrected chi connectivity index (χ0v) is 7.16. The van der Waals surface area contributed by atoms with Crippen molar-refractivity contribution in [2.45, 2.75) is 33.6 Å². The maximum Gasteiger partial charge on any atom is 0.219 e. The predicted octanol–water partition coefficient (Wildman–Crippen LogP) is 2.65. The summed E-state index contributed by atoms with van der Waals surface area (Å²) >= 11 is 0. The number of amides is 1. The standard InChI is InChI=1S/C7H13N3O/c1-4-7(2,3)5-6(11)9-10-8/h4-5H2,1-3H3. The van der Waals surface area contributed by atoms with E-state index in [2.05, 4.69) is 10.0 Å². The van der Waals surface area contributed by atoms with Crippen molar-refractivity contribution in [1.29, 1.82) is 0 Å². The highest BCUT2D eigenvalue weighted by Gasteiger charge is 2.18. The fraction of sp³-hybridized carbons (Fsp3) is 0.857. The van der Waals surface area contributed by atoms with Crippen LogP contribution >= 0.6 is 0 Å². The van der Waals surface area contributed by atoms with Crippen LogP contribution in [0.3, 0.4) is 0 Å². The Hall–Kier alpha value is -1.02. The lowest BCUT2D eigenvalue weighted by Crippen LogP contribution is -2.14. The summed E-state index contributed by atoms with van der Waals surface area (Å²) in [4.78, 5) is 13.2. The van der Waals surface area contributed by atoms with E-state index < -0.39 is 0 Å². The number of carbonyl (C=O) groups excluding carboxylic acids is 1. The summed E-state index contributed by atoms with van der Waals surface area (Å²) < 4.78 is 0. The van der Waals surface area contributed by atoms with Crippen molar-refractivity contribution in [3.8, 4) is 0 Å². The molecule has 0 heterocycles. The van der Waals surface area contributed by atoms with Gasteiger partial charge in [0.15, 0.2) is 0 Å². The van der Waals surface area contributed by atoms with Crippen molar-refractivity contribution in [2.24, 2.45) is 10.5 Å². The van der Waals surface area contributed by atoms with Crippen molar-refractivity contribution in [1.82, 2.24) is 0 Å². The van der Waals surface area contributed by atoms with Gasteiger partial charge < -0.3 is 0 Å². The lowest BCUT2D eigenvalue weighted by molar-refractivity contribution is -0.119. The van der Waals surface area contributed by atoms with E-state index >= 15 is 0 Å². The van der Waals surface area contributed by atoms with Crippen LogP contribution in [0.15, 0.2) is 5.11 Å². The normalized spacial score (nSPS) is 10.5. The molecule has 0 aliphatic heterocycles. The minimum absolute atomic E-state index is 0.0503. The lowest BCUT2D eigenvalue weighted by atomic mass is 9.86. The molecule has 0 fully saturated rings. The SMILES string of the molecule is CCC(C)(C)CC(=O)N=[N+]=[N-]. The zero-order valence-electron chi connectivity index (χ0n) is 7.16. The average Bonchev–Trinajstić information content (AvgIpc) is 1.87. The van der Waals surface area contributed by atoms with Gasteiger partial charge in [-0.05, 0) is 16.1 Å². The molecule has 0 N–H and O–H groups in total. The molecule has 0 radical (unpaired) electrons. The maximum atomic E-state index is 10.8. The summed E-state index contributed by atoms with van der Waals surface area (Å²) in [5.74, 6) is -0.376. The molecular formula is C7H13N3O. The first-order valence-corrected chi connectivity index (χ1v) is 3.60. The molecule has 0 aliphatic rings. The molecule has 1 amide bonds. The molecule has 62 valence electrons. The monoisotopic (exact) mass is 155 g/mol. The van der Waals surface area contributed by atoms with E-state index in [-0.39, 0.29) is 11.3 Å². The molecular weight excluding hydrogens is 142 g/mol. The third kappa shape index (κ3) is 4.39. The van der Waals surface area contributed by atoms with E-state index in [9.17, 15) is 4.79 Å². The molecule has 0 rings (SSSR count). The smallest absolute Gasteiger partial charge is 0.219 e. The van der Waals surface area contributed by atoms with Crippen molar-refractivity contribution in [2.75, 3.05) is 0 Å². The number of azide groups is 1. The van der Waals surface area contributed by atoms with Crippen LogP contribution in [0.1, 0.15) is 33.6 Å². The van der Waals surface area contributed by atoms with E-state index in [0.29, 0.717) is 6.42 Å². The van der Waals surface area contributed by atoms with E-state index in [0.717, 1.165) is 6.42 Å². The van der Waals surface area contributed by atoms with Crippen LogP contribution in [0.2, 0.25) is 0 Å². The highest BCUT2D eigenvalue weighted by Crippen LogP contribution is 2.24. The second-order valence-corrected chi connectivity index (χ2v) is 3.28. The number of hydrogen-bond acceptors (Lipinski definition) is 1. The second kappa shape index (κ2) is 3.98. The summed E-state index contributed by atoms with van der Waals surface area (Å²) in [6.45, 7) is 5.94. The Morgan fingerprint density at radius 2 is 2.18 bits per heavy atom. The van der Waals surface area contributed by atoms with Crippen molar-refractivity contribution >= 4 is 5.91 Å². The van der Waals surface area contributed by atoms with Gasteiger partial charge in [0, 0.05) is 11.3 Å². The second-order valence-electron chi connectivity index (χ2n) is 3.28. The Labute approximate surface area is 66.2 Å². The molecule has 0 aliphatic carbocycles. The summed E-state index contributed by atoms with van der Waals surface area (Å²) in [5, 5.41) is 3.00. The third-order valence-corrected chi connectivity index (χ3v) is 1.74. The van der Waals surface area contributed by atoms with E-state index in [1.54, 1.807) is 0 Å². The van der Waals surface area contributed by atoms with Gasteiger partial charge in [0.1, 0.15) is 0 Å². The topological polar surface area (TPSA) is 65.8 Å². The Balaban J connectivity index is 4.03. The molecule has 0 atom stereocenters. The molecule has 0 saturated carbocycles. The number of hydrogen-bond donors (Lipinski definition) is 0. The van der Waals surface area contributed by atoms with Gasteiger partial charge in [0.2, 0.25) is 5.91 Å². The lowest BCUT2D eigenvalue weighted by Gasteiger charge is -2.19. The molecule has 0 unspecified atom stereocenters. The predicted molar refractivity (Wildman–Crippen MR) is 42.8 cm³/mol. The average molecular weight is 155 g/mol. The van der Waals surface area contributed by atoms with Crippen LogP contribution in [-0.4, -0.2) is 5.91 Å². The van der Waals surface area contributed by atoms with Crippen LogP contribution in [0.5, 0.6) is 0 Å². The summed E-state index contributed by atoms with van der Waals surface area (Å²) in [6.07, 6.45) is 1.23. The largest absolute Gasteiger partial charge is 0.293 e. The minimum Gasteiger partial charge on any atom is -0.293 e. The Morgan fingerprint density at radius 1 is 1.64 bits per heavy atom. The van der Waals surface area contributed by atoms with E-state index in [4.69, 9.17) is 5.53 Å². The Kier molecular flexibility index (Phi) is 3.61. The van der Waals surface area contributed by atoms with Crippen molar-refractivity contribution < 1.29 is 4.79 Å². The van der Waals surface area contributed by atoms with Crippen molar-refractivity contribution in [3.63, 3.8) is 0 Å². The number of rotatable bonds is 3. The highest BCUT2D eigenvalue weighted by molar-refractivity contribution is 5.77.